The molecule has 0 unspecified atom stereocenters. The van der Waals surface area contributed by atoms with E-state index in [0.717, 1.165) is 18.8 Å². The van der Waals surface area contributed by atoms with Crippen molar-refractivity contribution in [2.75, 3.05) is 33.3 Å². The van der Waals surface area contributed by atoms with Gasteiger partial charge in [0.1, 0.15) is 38.5 Å². The first-order valence-electron chi connectivity index (χ1n) is 8.09. The molecule has 0 aliphatic carbocycles. The zero-order chi connectivity index (χ0) is 15.2. The lowest BCUT2D eigenvalue weighted by Gasteiger charge is -2.29. The highest BCUT2D eigenvalue weighted by Crippen LogP contribution is 2.10. The van der Waals surface area contributed by atoms with Crippen LogP contribution < -0.4 is 19.5 Å². The van der Waals surface area contributed by atoms with Crippen molar-refractivity contribution in [3.63, 3.8) is 0 Å². The van der Waals surface area contributed by atoms with E-state index in [4.69, 9.17) is 4.74 Å². The van der Waals surface area contributed by atoms with Gasteiger partial charge in [-0.15, -0.1) is 0 Å². The smallest absolute Gasteiger partial charge is 0.234 e. The molecular formula is C18H26N3O+3. The van der Waals surface area contributed by atoms with Crippen LogP contribution in [0.15, 0.2) is 48.7 Å². The number of aromatic nitrogens is 1. The third kappa shape index (κ3) is 4.06. The third-order valence-corrected chi connectivity index (χ3v) is 4.49. The number of piperazine rings is 1. The van der Waals surface area contributed by atoms with Crippen LogP contribution in [0.1, 0.15) is 11.3 Å². The molecule has 2 aromatic rings. The van der Waals surface area contributed by atoms with E-state index in [1.807, 2.05) is 12.3 Å². The van der Waals surface area contributed by atoms with E-state index in [0.29, 0.717) is 0 Å². The maximum atomic E-state index is 5.22. The lowest BCUT2D eigenvalue weighted by atomic mass is 10.2. The normalized spacial score (nSPS) is 21.5. The summed E-state index contributed by atoms with van der Waals surface area (Å²) in [6, 6.07) is 14.8. The van der Waals surface area contributed by atoms with Gasteiger partial charge in [-0.25, -0.2) is 4.98 Å². The molecule has 3 rings (SSSR count). The van der Waals surface area contributed by atoms with Crippen molar-refractivity contribution in [1.29, 1.82) is 0 Å². The summed E-state index contributed by atoms with van der Waals surface area (Å²) in [5, 5.41) is 0. The molecule has 1 aliphatic rings. The fraction of sp³-hybridized carbons (Fsp3) is 0.389. The van der Waals surface area contributed by atoms with Gasteiger partial charge in [0.2, 0.25) is 5.69 Å². The molecule has 1 fully saturated rings. The van der Waals surface area contributed by atoms with Gasteiger partial charge in [0.15, 0.2) is 12.7 Å². The van der Waals surface area contributed by atoms with Gasteiger partial charge < -0.3 is 14.5 Å². The standard InChI is InChI=1S/C18H23N3O/c1-22-18-7-5-16(6-8-18)14-20-10-12-21(13-11-20)15-17-4-2-3-9-19-17/h2-9H,10-15H2,1H3/p+3. The summed E-state index contributed by atoms with van der Waals surface area (Å²) in [6.45, 7) is 7.20. The first kappa shape index (κ1) is 15.0. The summed E-state index contributed by atoms with van der Waals surface area (Å²) in [4.78, 5) is 6.71. The fourth-order valence-electron chi connectivity index (χ4n) is 3.15. The van der Waals surface area contributed by atoms with Crippen LogP contribution in [0.4, 0.5) is 0 Å². The summed E-state index contributed by atoms with van der Waals surface area (Å²) >= 11 is 0. The minimum absolute atomic E-state index is 0.937. The van der Waals surface area contributed by atoms with Crippen LogP contribution in [0.25, 0.3) is 0 Å². The molecule has 4 heteroatoms. The number of methoxy groups -OCH3 is 1. The van der Waals surface area contributed by atoms with Crippen LogP contribution in [0.5, 0.6) is 5.75 Å². The molecule has 4 nitrogen and oxygen atoms in total. The molecule has 0 spiro atoms. The van der Waals surface area contributed by atoms with Gasteiger partial charge in [-0.05, 0) is 30.3 Å². The fourth-order valence-corrected chi connectivity index (χ4v) is 3.15. The summed E-state index contributed by atoms with van der Waals surface area (Å²) in [5.74, 6) is 0.937. The molecule has 0 bridgehead atoms. The van der Waals surface area contributed by atoms with Crippen molar-refractivity contribution in [2.24, 2.45) is 0 Å². The van der Waals surface area contributed by atoms with Gasteiger partial charge in [0, 0.05) is 17.7 Å². The van der Waals surface area contributed by atoms with Crippen molar-refractivity contribution in [3.8, 4) is 5.75 Å². The Balaban J connectivity index is 1.47. The number of hydrogen-bond donors (Lipinski definition) is 2. The van der Waals surface area contributed by atoms with Gasteiger partial charge in [0.05, 0.1) is 7.11 Å². The van der Waals surface area contributed by atoms with Crippen LogP contribution in [-0.4, -0.2) is 33.3 Å². The number of aromatic amines is 1. The van der Waals surface area contributed by atoms with Crippen molar-refractivity contribution >= 4 is 0 Å². The number of ether oxygens (including phenoxy) is 1. The highest BCUT2D eigenvalue weighted by molar-refractivity contribution is 5.26. The second kappa shape index (κ2) is 7.38. The molecular weight excluding hydrogens is 274 g/mol. The third-order valence-electron chi connectivity index (χ3n) is 4.49. The Morgan fingerprint density at radius 3 is 2.18 bits per heavy atom. The van der Waals surface area contributed by atoms with Gasteiger partial charge in [-0.2, -0.15) is 0 Å². The maximum Gasteiger partial charge on any atom is 0.234 e. The summed E-state index contributed by atoms with van der Waals surface area (Å²) in [7, 11) is 1.71. The van der Waals surface area contributed by atoms with Crippen LogP contribution in [0, 0.1) is 0 Å². The van der Waals surface area contributed by atoms with Crippen LogP contribution >= 0.6 is 0 Å². The number of pyridine rings is 1. The second-order valence-corrected chi connectivity index (χ2v) is 6.09. The minimum Gasteiger partial charge on any atom is -0.497 e. The first-order chi connectivity index (χ1) is 10.8. The lowest BCUT2D eigenvalue weighted by Crippen LogP contribution is -3.27. The second-order valence-electron chi connectivity index (χ2n) is 6.09. The van der Waals surface area contributed by atoms with E-state index < -0.39 is 0 Å². The lowest BCUT2D eigenvalue weighted by molar-refractivity contribution is -1.03. The number of nitrogens with one attached hydrogen (secondary N) is 3. The highest BCUT2D eigenvalue weighted by Gasteiger charge is 2.24. The molecule has 1 aromatic heterocycles. The van der Waals surface area contributed by atoms with E-state index in [-0.39, 0.29) is 0 Å². The van der Waals surface area contributed by atoms with Crippen molar-refractivity contribution < 1.29 is 19.5 Å². The van der Waals surface area contributed by atoms with Crippen LogP contribution in [0.2, 0.25) is 0 Å². The maximum absolute atomic E-state index is 5.22. The van der Waals surface area contributed by atoms with Gasteiger partial charge >= 0.3 is 0 Å². The molecule has 1 saturated heterocycles. The molecule has 3 N–H and O–H groups in total. The highest BCUT2D eigenvalue weighted by atomic mass is 16.5. The zero-order valence-corrected chi connectivity index (χ0v) is 13.3. The van der Waals surface area contributed by atoms with E-state index >= 15 is 0 Å². The predicted octanol–water partition coefficient (Wildman–Crippen LogP) is -1.01. The average molecular weight is 300 g/mol. The Hall–Kier alpha value is -1.91. The van der Waals surface area contributed by atoms with Crippen molar-refractivity contribution in [3.05, 3.63) is 59.9 Å². The molecule has 0 radical (unpaired) electrons. The quantitative estimate of drug-likeness (QED) is 0.729. The number of rotatable bonds is 5. The van der Waals surface area contributed by atoms with Crippen molar-refractivity contribution in [2.45, 2.75) is 13.1 Å². The first-order valence-corrected chi connectivity index (χ1v) is 8.09. The predicted molar refractivity (Wildman–Crippen MR) is 84.8 cm³/mol. The zero-order valence-electron chi connectivity index (χ0n) is 13.3. The molecule has 1 aromatic carbocycles. The number of H-pyrrole nitrogens is 1. The number of quaternary nitrogens is 2. The Morgan fingerprint density at radius 2 is 1.59 bits per heavy atom. The van der Waals surface area contributed by atoms with E-state index in [1.165, 1.54) is 37.4 Å². The molecule has 0 amide bonds. The van der Waals surface area contributed by atoms with Gasteiger partial charge in [-0.1, -0.05) is 0 Å². The summed E-state index contributed by atoms with van der Waals surface area (Å²) in [5.41, 5.74) is 2.73. The summed E-state index contributed by atoms with van der Waals surface area (Å²) in [6.07, 6.45) is 2.01. The van der Waals surface area contributed by atoms with Gasteiger partial charge in [0.25, 0.3) is 0 Å². The van der Waals surface area contributed by atoms with Crippen LogP contribution in [-0.2, 0) is 13.1 Å². The summed E-state index contributed by atoms with van der Waals surface area (Å²) < 4.78 is 5.22. The molecule has 0 saturated carbocycles. The van der Waals surface area contributed by atoms with E-state index in [9.17, 15) is 0 Å². The Kier molecular flexibility index (Phi) is 5.03. The molecule has 22 heavy (non-hydrogen) atoms. The minimum atomic E-state index is 0.937. The number of benzene rings is 1. The molecule has 116 valence electrons. The molecule has 0 atom stereocenters. The number of hydrogen-bond acceptors (Lipinski definition) is 1. The topological polar surface area (TPSA) is 32.2 Å². The Morgan fingerprint density at radius 1 is 0.909 bits per heavy atom. The van der Waals surface area contributed by atoms with Crippen molar-refractivity contribution in [1.82, 2.24) is 0 Å². The Bertz CT molecular complexity index is 563. The van der Waals surface area contributed by atoms with E-state index in [1.54, 1.807) is 16.9 Å². The SMILES string of the molecule is COc1ccc(C[NH+]2CC[NH+](Cc3cccc[nH+]3)CC2)cc1. The Labute approximate surface area is 132 Å². The largest absolute Gasteiger partial charge is 0.497 e. The van der Waals surface area contributed by atoms with E-state index in [2.05, 4.69) is 41.4 Å². The van der Waals surface area contributed by atoms with Crippen LogP contribution in [0.3, 0.4) is 0 Å². The molecule has 1 aliphatic heterocycles. The molecule has 2 heterocycles. The average Bonchev–Trinajstić information content (AvgIpc) is 2.58. The van der Waals surface area contributed by atoms with Gasteiger partial charge in [-0.3, -0.25) is 0 Å². The monoisotopic (exact) mass is 300 g/mol.